The Morgan fingerprint density at radius 3 is 1.82 bits per heavy atom. The van der Waals surface area contributed by atoms with Crippen LogP contribution in [-0.4, -0.2) is 17.7 Å². The quantitative estimate of drug-likeness (QED) is 0.855. The zero-order chi connectivity index (χ0) is 16.1. The monoisotopic (exact) mass is 295 g/mol. The zero-order valence-corrected chi connectivity index (χ0v) is 13.2. The molecule has 22 heavy (non-hydrogen) atoms. The first-order valence-corrected chi connectivity index (χ1v) is 7.49. The molecule has 0 spiro atoms. The van der Waals surface area contributed by atoms with Crippen molar-refractivity contribution in [2.45, 2.75) is 26.8 Å². The number of carbonyl (C=O) groups is 2. The van der Waals surface area contributed by atoms with E-state index in [9.17, 15) is 9.59 Å². The molecule has 0 aliphatic rings. The summed E-state index contributed by atoms with van der Waals surface area (Å²) in [4.78, 5) is 24.4. The van der Waals surface area contributed by atoms with E-state index < -0.39 is 0 Å². The molecule has 2 rings (SSSR count). The summed E-state index contributed by atoms with van der Waals surface area (Å²) in [7, 11) is 0. The van der Waals surface area contributed by atoms with Gasteiger partial charge in [-0.05, 0) is 25.0 Å². The Bertz CT molecular complexity index is 645. The first kappa shape index (κ1) is 16.0. The first-order valence-electron chi connectivity index (χ1n) is 7.49. The van der Waals surface area contributed by atoms with Crippen molar-refractivity contribution in [3.05, 3.63) is 71.3 Å². The second kappa shape index (κ2) is 7.03. The normalized spacial score (nSPS) is 12.0. The van der Waals surface area contributed by atoms with Gasteiger partial charge in [-0.25, -0.2) is 0 Å². The van der Waals surface area contributed by atoms with Gasteiger partial charge in [0.15, 0.2) is 5.78 Å². The van der Waals surface area contributed by atoms with Crippen LogP contribution in [0.25, 0.3) is 0 Å². The van der Waals surface area contributed by atoms with Crippen LogP contribution in [-0.2, 0) is 0 Å². The standard InChI is InChI=1S/C19H21NO2/c1-13(2)14(3)20-19(22)17-11-9-16(10-12-17)18(21)15-7-5-4-6-8-15/h4-14H,1-3H3,(H,20,22). The molecule has 1 atom stereocenters. The van der Waals surface area contributed by atoms with Crippen LogP contribution in [0.15, 0.2) is 54.6 Å². The molecule has 1 N–H and O–H groups in total. The predicted octanol–water partition coefficient (Wildman–Crippen LogP) is 3.69. The maximum atomic E-state index is 12.3. The van der Waals surface area contributed by atoms with Crippen LogP contribution in [0.4, 0.5) is 0 Å². The topological polar surface area (TPSA) is 46.2 Å². The lowest BCUT2D eigenvalue weighted by atomic mass is 10.0. The lowest BCUT2D eigenvalue weighted by Crippen LogP contribution is -2.36. The molecular formula is C19H21NO2. The van der Waals surface area contributed by atoms with Crippen LogP contribution in [0.5, 0.6) is 0 Å². The molecular weight excluding hydrogens is 274 g/mol. The highest BCUT2D eigenvalue weighted by Gasteiger charge is 2.13. The fourth-order valence-electron chi connectivity index (χ4n) is 1.99. The summed E-state index contributed by atoms with van der Waals surface area (Å²) in [6.07, 6.45) is 0. The predicted molar refractivity (Wildman–Crippen MR) is 88.1 cm³/mol. The van der Waals surface area contributed by atoms with Gasteiger partial charge in [-0.15, -0.1) is 0 Å². The molecule has 0 heterocycles. The van der Waals surface area contributed by atoms with Gasteiger partial charge < -0.3 is 5.32 Å². The minimum absolute atomic E-state index is 0.0388. The van der Waals surface area contributed by atoms with Crippen molar-refractivity contribution in [3.63, 3.8) is 0 Å². The molecule has 0 saturated heterocycles. The van der Waals surface area contributed by atoms with Crippen molar-refractivity contribution in [3.8, 4) is 0 Å². The van der Waals surface area contributed by atoms with Gasteiger partial charge in [0.1, 0.15) is 0 Å². The molecule has 0 aromatic heterocycles. The van der Waals surface area contributed by atoms with Gasteiger partial charge in [0, 0.05) is 22.7 Å². The van der Waals surface area contributed by atoms with E-state index in [0.29, 0.717) is 22.6 Å². The molecule has 114 valence electrons. The van der Waals surface area contributed by atoms with Gasteiger partial charge in [0.2, 0.25) is 0 Å². The molecule has 0 radical (unpaired) electrons. The SMILES string of the molecule is CC(C)C(C)NC(=O)c1ccc(C(=O)c2ccccc2)cc1. The average molecular weight is 295 g/mol. The van der Waals surface area contributed by atoms with E-state index in [2.05, 4.69) is 19.2 Å². The number of nitrogens with one attached hydrogen (secondary N) is 1. The van der Waals surface area contributed by atoms with E-state index in [4.69, 9.17) is 0 Å². The number of ketones is 1. The Morgan fingerprint density at radius 1 is 0.773 bits per heavy atom. The van der Waals surface area contributed by atoms with Gasteiger partial charge >= 0.3 is 0 Å². The number of hydrogen-bond acceptors (Lipinski definition) is 2. The molecule has 3 heteroatoms. The van der Waals surface area contributed by atoms with Crippen molar-refractivity contribution >= 4 is 11.7 Å². The summed E-state index contributed by atoms with van der Waals surface area (Å²) in [6, 6.07) is 16.0. The highest BCUT2D eigenvalue weighted by molar-refractivity contribution is 6.09. The van der Waals surface area contributed by atoms with E-state index in [1.54, 1.807) is 36.4 Å². The summed E-state index contributed by atoms with van der Waals surface area (Å²) in [5, 5.41) is 2.95. The molecule has 0 aliphatic carbocycles. The number of carbonyl (C=O) groups excluding carboxylic acids is 2. The largest absolute Gasteiger partial charge is 0.349 e. The van der Waals surface area contributed by atoms with Gasteiger partial charge in [0.05, 0.1) is 0 Å². The highest BCUT2D eigenvalue weighted by Crippen LogP contribution is 2.11. The van der Waals surface area contributed by atoms with E-state index in [1.807, 2.05) is 25.1 Å². The van der Waals surface area contributed by atoms with Crippen LogP contribution in [0.1, 0.15) is 47.1 Å². The summed E-state index contributed by atoms with van der Waals surface area (Å²) < 4.78 is 0. The van der Waals surface area contributed by atoms with E-state index in [0.717, 1.165) is 0 Å². The third-order valence-electron chi connectivity index (χ3n) is 3.80. The van der Waals surface area contributed by atoms with Gasteiger partial charge in [-0.3, -0.25) is 9.59 Å². The molecule has 2 aromatic carbocycles. The third kappa shape index (κ3) is 3.82. The van der Waals surface area contributed by atoms with Crippen molar-refractivity contribution in [1.82, 2.24) is 5.32 Å². The highest BCUT2D eigenvalue weighted by atomic mass is 16.1. The van der Waals surface area contributed by atoms with E-state index >= 15 is 0 Å². The zero-order valence-electron chi connectivity index (χ0n) is 13.2. The third-order valence-corrected chi connectivity index (χ3v) is 3.80. The van der Waals surface area contributed by atoms with Gasteiger partial charge in [0.25, 0.3) is 5.91 Å². The fourth-order valence-corrected chi connectivity index (χ4v) is 1.99. The van der Waals surface area contributed by atoms with Crippen LogP contribution < -0.4 is 5.32 Å². The van der Waals surface area contributed by atoms with Crippen LogP contribution in [0, 0.1) is 5.92 Å². The maximum Gasteiger partial charge on any atom is 0.251 e. The maximum absolute atomic E-state index is 12.3. The molecule has 0 aliphatic heterocycles. The van der Waals surface area contributed by atoms with Crippen molar-refractivity contribution in [2.24, 2.45) is 5.92 Å². The molecule has 0 fully saturated rings. The van der Waals surface area contributed by atoms with Crippen LogP contribution >= 0.6 is 0 Å². The minimum Gasteiger partial charge on any atom is -0.349 e. The van der Waals surface area contributed by atoms with E-state index in [-0.39, 0.29) is 17.7 Å². The lowest BCUT2D eigenvalue weighted by molar-refractivity contribution is 0.0929. The fraction of sp³-hybridized carbons (Fsp3) is 0.263. The lowest BCUT2D eigenvalue weighted by Gasteiger charge is -2.17. The molecule has 0 bridgehead atoms. The smallest absolute Gasteiger partial charge is 0.251 e. The second-order valence-corrected chi connectivity index (χ2v) is 5.78. The molecule has 3 nitrogen and oxygen atoms in total. The summed E-state index contributed by atoms with van der Waals surface area (Å²) in [5.41, 5.74) is 1.80. The molecule has 1 amide bonds. The number of benzene rings is 2. The average Bonchev–Trinajstić information content (AvgIpc) is 2.55. The van der Waals surface area contributed by atoms with Crippen LogP contribution in [0.3, 0.4) is 0 Å². The Kier molecular flexibility index (Phi) is 5.10. The Labute approximate surface area is 131 Å². The van der Waals surface area contributed by atoms with Crippen molar-refractivity contribution < 1.29 is 9.59 Å². The summed E-state index contributed by atoms with van der Waals surface area (Å²) >= 11 is 0. The number of amides is 1. The summed E-state index contributed by atoms with van der Waals surface area (Å²) in [6.45, 7) is 6.11. The Morgan fingerprint density at radius 2 is 1.27 bits per heavy atom. The summed E-state index contributed by atoms with van der Waals surface area (Å²) in [5.74, 6) is 0.228. The molecule has 1 unspecified atom stereocenters. The van der Waals surface area contributed by atoms with Gasteiger partial charge in [-0.1, -0.05) is 56.3 Å². The Balaban J connectivity index is 2.10. The van der Waals surface area contributed by atoms with Crippen molar-refractivity contribution in [1.29, 1.82) is 0 Å². The van der Waals surface area contributed by atoms with E-state index in [1.165, 1.54) is 0 Å². The Hall–Kier alpha value is -2.42. The minimum atomic E-state index is -0.111. The molecule has 2 aromatic rings. The number of hydrogen-bond donors (Lipinski definition) is 1. The van der Waals surface area contributed by atoms with Gasteiger partial charge in [-0.2, -0.15) is 0 Å². The second-order valence-electron chi connectivity index (χ2n) is 5.78. The van der Waals surface area contributed by atoms with Crippen molar-refractivity contribution in [2.75, 3.05) is 0 Å². The molecule has 0 saturated carbocycles. The first-order chi connectivity index (χ1) is 10.5. The van der Waals surface area contributed by atoms with Crippen LogP contribution in [0.2, 0.25) is 0 Å². The number of rotatable bonds is 5.